The van der Waals surface area contributed by atoms with E-state index in [0.717, 1.165) is 18.8 Å². The van der Waals surface area contributed by atoms with Gasteiger partial charge in [-0.05, 0) is 12.3 Å². The van der Waals surface area contributed by atoms with Gasteiger partial charge in [0, 0.05) is 19.7 Å². The number of hydrogen-bond acceptors (Lipinski definition) is 5. The first-order chi connectivity index (χ1) is 10.2. The molecule has 0 aliphatic rings. The zero-order valence-corrected chi connectivity index (χ0v) is 13.8. The van der Waals surface area contributed by atoms with Crippen LogP contribution in [0.1, 0.15) is 52.3 Å². The molecule has 0 saturated carbocycles. The Bertz CT molecular complexity index is 397. The number of hydrogen-bond donors (Lipinski definition) is 1. The van der Waals surface area contributed by atoms with Gasteiger partial charge in [0.05, 0.1) is 6.61 Å². The number of methoxy groups -OCH3 is 1. The minimum atomic E-state index is 0.392. The molecule has 1 aromatic heterocycles. The highest BCUT2D eigenvalue weighted by molar-refractivity contribution is 5.38. The first-order valence-corrected chi connectivity index (χ1v) is 7.89. The number of unbranched alkanes of at least 4 members (excludes halogenated alkanes) is 3. The largest absolute Gasteiger partial charge is 0.477 e. The molecule has 0 saturated heterocycles. The van der Waals surface area contributed by atoms with Crippen LogP contribution < -0.4 is 10.1 Å². The Morgan fingerprint density at radius 2 is 2.00 bits per heavy atom. The van der Waals surface area contributed by atoms with Gasteiger partial charge in [0.25, 0.3) is 0 Å². The third-order valence-corrected chi connectivity index (χ3v) is 2.92. The Kier molecular flexibility index (Phi) is 8.74. The monoisotopic (exact) mass is 295 g/mol. The van der Waals surface area contributed by atoms with E-state index in [1.54, 1.807) is 7.11 Å². The molecule has 5 nitrogen and oxygen atoms in total. The summed E-state index contributed by atoms with van der Waals surface area (Å²) < 4.78 is 10.8. The molecular formula is C16H29N3O2. The van der Waals surface area contributed by atoms with Crippen LogP contribution in [0, 0.1) is 5.92 Å². The topological polar surface area (TPSA) is 56.3 Å². The van der Waals surface area contributed by atoms with Gasteiger partial charge in [0.1, 0.15) is 12.4 Å². The number of nitrogens with zero attached hydrogens (tertiary/aromatic N) is 2. The number of nitrogens with one attached hydrogen (secondary N) is 1. The maximum absolute atomic E-state index is 5.69. The summed E-state index contributed by atoms with van der Waals surface area (Å²) in [6.07, 6.45) is 4.93. The molecule has 0 radical (unpaired) electrons. The summed E-state index contributed by atoms with van der Waals surface area (Å²) in [4.78, 5) is 8.80. The molecule has 0 aliphatic heterocycles. The van der Waals surface area contributed by atoms with Gasteiger partial charge in [-0.3, -0.25) is 0 Å². The van der Waals surface area contributed by atoms with Crippen molar-refractivity contribution >= 4 is 5.82 Å². The van der Waals surface area contributed by atoms with Crippen molar-refractivity contribution in [3.8, 4) is 5.88 Å². The average molecular weight is 295 g/mol. The highest BCUT2D eigenvalue weighted by atomic mass is 16.5. The number of rotatable bonds is 11. The summed E-state index contributed by atoms with van der Waals surface area (Å²) in [6.45, 7) is 8.41. The number of ether oxygens (including phenoxy) is 2. The van der Waals surface area contributed by atoms with Crippen molar-refractivity contribution in [3.05, 3.63) is 11.9 Å². The van der Waals surface area contributed by atoms with Gasteiger partial charge in [0.2, 0.25) is 5.88 Å². The van der Waals surface area contributed by atoms with Gasteiger partial charge in [0.15, 0.2) is 5.82 Å². The first-order valence-electron chi connectivity index (χ1n) is 7.89. The molecule has 1 heterocycles. The van der Waals surface area contributed by atoms with E-state index in [1.165, 1.54) is 19.3 Å². The van der Waals surface area contributed by atoms with E-state index >= 15 is 0 Å². The number of aromatic nitrogens is 2. The summed E-state index contributed by atoms with van der Waals surface area (Å²) >= 11 is 0. The molecule has 0 aliphatic carbocycles. The molecule has 5 heteroatoms. The third-order valence-electron chi connectivity index (χ3n) is 2.92. The molecule has 21 heavy (non-hydrogen) atoms. The molecule has 0 atom stereocenters. The third kappa shape index (κ3) is 7.85. The minimum absolute atomic E-state index is 0.392. The van der Waals surface area contributed by atoms with Crippen molar-refractivity contribution in [2.45, 2.75) is 53.1 Å². The Balaban J connectivity index is 2.58. The van der Waals surface area contributed by atoms with E-state index in [9.17, 15) is 0 Å². The Labute approximate surface area is 128 Å². The average Bonchev–Trinajstić information content (AvgIpc) is 2.45. The molecule has 120 valence electrons. The van der Waals surface area contributed by atoms with Crippen LogP contribution in [0.4, 0.5) is 5.82 Å². The molecular weight excluding hydrogens is 266 g/mol. The van der Waals surface area contributed by atoms with Crippen LogP contribution >= 0.6 is 0 Å². The summed E-state index contributed by atoms with van der Waals surface area (Å²) in [7, 11) is 1.64. The fourth-order valence-corrected chi connectivity index (χ4v) is 1.85. The Morgan fingerprint density at radius 1 is 1.19 bits per heavy atom. The molecule has 0 unspecified atom stereocenters. The van der Waals surface area contributed by atoms with Crippen molar-refractivity contribution < 1.29 is 9.47 Å². The zero-order chi connectivity index (χ0) is 15.5. The highest BCUT2D eigenvalue weighted by Gasteiger charge is 2.06. The quantitative estimate of drug-likeness (QED) is 0.631. The normalized spacial score (nSPS) is 10.9. The second kappa shape index (κ2) is 10.4. The summed E-state index contributed by atoms with van der Waals surface area (Å²) in [5, 5.41) is 3.34. The van der Waals surface area contributed by atoms with Gasteiger partial charge in [-0.2, -0.15) is 4.98 Å². The van der Waals surface area contributed by atoms with Gasteiger partial charge >= 0.3 is 0 Å². The predicted molar refractivity (Wildman–Crippen MR) is 85.7 cm³/mol. The molecule has 0 spiro atoms. The molecule has 0 fully saturated rings. The van der Waals surface area contributed by atoms with Crippen molar-refractivity contribution in [1.29, 1.82) is 0 Å². The van der Waals surface area contributed by atoms with Crippen LogP contribution in [-0.4, -0.2) is 30.2 Å². The van der Waals surface area contributed by atoms with E-state index < -0.39 is 0 Å². The van der Waals surface area contributed by atoms with Crippen molar-refractivity contribution in [1.82, 2.24) is 9.97 Å². The minimum Gasteiger partial charge on any atom is -0.477 e. The van der Waals surface area contributed by atoms with Gasteiger partial charge in [-0.15, -0.1) is 0 Å². The van der Waals surface area contributed by atoms with Crippen LogP contribution in [0.25, 0.3) is 0 Å². The molecule has 1 N–H and O–H groups in total. The van der Waals surface area contributed by atoms with Gasteiger partial charge < -0.3 is 14.8 Å². The molecule has 0 bridgehead atoms. The van der Waals surface area contributed by atoms with Crippen LogP contribution in [0.15, 0.2) is 6.07 Å². The van der Waals surface area contributed by atoms with Crippen molar-refractivity contribution in [2.75, 3.05) is 25.6 Å². The van der Waals surface area contributed by atoms with Crippen LogP contribution in [-0.2, 0) is 11.3 Å². The maximum Gasteiger partial charge on any atom is 0.218 e. The molecule has 1 aromatic rings. The van der Waals surface area contributed by atoms with Crippen LogP contribution in [0.5, 0.6) is 5.88 Å². The SMILES string of the molecule is CCCCCCNc1cc(OCC(C)C)nc(COC)n1. The lowest BCUT2D eigenvalue weighted by molar-refractivity contribution is 0.175. The standard InChI is InChI=1S/C16H29N3O2/c1-5-6-7-8-9-17-14-10-16(21-11-13(2)3)19-15(18-14)12-20-4/h10,13H,5-9,11-12H2,1-4H3,(H,17,18,19). The second-order valence-corrected chi connectivity index (χ2v) is 5.63. The lowest BCUT2D eigenvalue weighted by Gasteiger charge is -2.12. The molecule has 0 aromatic carbocycles. The van der Waals surface area contributed by atoms with Gasteiger partial charge in [-0.1, -0.05) is 40.0 Å². The van der Waals surface area contributed by atoms with E-state index in [1.807, 2.05) is 6.07 Å². The highest BCUT2D eigenvalue weighted by Crippen LogP contribution is 2.15. The van der Waals surface area contributed by atoms with E-state index in [-0.39, 0.29) is 0 Å². The molecule has 1 rings (SSSR count). The van der Waals surface area contributed by atoms with Crippen molar-refractivity contribution in [2.24, 2.45) is 5.92 Å². The van der Waals surface area contributed by atoms with E-state index in [0.29, 0.717) is 30.8 Å². The van der Waals surface area contributed by atoms with E-state index in [4.69, 9.17) is 9.47 Å². The summed E-state index contributed by atoms with van der Waals surface area (Å²) in [6, 6.07) is 1.86. The molecule has 0 amide bonds. The smallest absolute Gasteiger partial charge is 0.218 e. The Morgan fingerprint density at radius 3 is 2.67 bits per heavy atom. The lowest BCUT2D eigenvalue weighted by atomic mass is 10.2. The van der Waals surface area contributed by atoms with E-state index in [2.05, 4.69) is 36.1 Å². The maximum atomic E-state index is 5.69. The van der Waals surface area contributed by atoms with Crippen LogP contribution in [0.3, 0.4) is 0 Å². The predicted octanol–water partition coefficient (Wildman–Crippen LogP) is 3.65. The second-order valence-electron chi connectivity index (χ2n) is 5.63. The number of anilines is 1. The fraction of sp³-hybridized carbons (Fsp3) is 0.750. The lowest BCUT2D eigenvalue weighted by Crippen LogP contribution is -2.10. The van der Waals surface area contributed by atoms with Crippen LogP contribution in [0.2, 0.25) is 0 Å². The van der Waals surface area contributed by atoms with Gasteiger partial charge in [-0.25, -0.2) is 4.98 Å². The zero-order valence-electron chi connectivity index (χ0n) is 13.8. The Hall–Kier alpha value is -1.36. The summed E-state index contributed by atoms with van der Waals surface area (Å²) in [5.74, 6) is 2.54. The first kappa shape index (κ1) is 17.7. The summed E-state index contributed by atoms with van der Waals surface area (Å²) in [5.41, 5.74) is 0. The fourth-order valence-electron chi connectivity index (χ4n) is 1.85. The van der Waals surface area contributed by atoms with Crippen molar-refractivity contribution in [3.63, 3.8) is 0 Å².